The van der Waals surface area contributed by atoms with Gasteiger partial charge < -0.3 is 4.74 Å². The highest BCUT2D eigenvalue weighted by atomic mass is 19.1. The highest BCUT2D eigenvalue weighted by molar-refractivity contribution is 5.70. The molecule has 0 saturated carbocycles. The molecule has 0 aliphatic carbocycles. The van der Waals surface area contributed by atoms with E-state index in [0.29, 0.717) is 11.3 Å². The molecule has 2 aromatic carbocycles. The Balaban J connectivity index is 2.50. The molecule has 2 rings (SSSR count). The zero-order valence-corrected chi connectivity index (χ0v) is 9.49. The van der Waals surface area contributed by atoms with Gasteiger partial charge in [-0.3, -0.25) is 0 Å². The maximum absolute atomic E-state index is 13.7. The third-order valence-electron chi connectivity index (χ3n) is 2.42. The van der Waals surface area contributed by atoms with E-state index in [9.17, 15) is 8.78 Å². The second-order valence-electron chi connectivity index (χ2n) is 3.61. The van der Waals surface area contributed by atoms with Crippen molar-refractivity contribution in [3.8, 4) is 29.2 Å². The van der Waals surface area contributed by atoms with Crippen molar-refractivity contribution in [3.63, 3.8) is 0 Å². The first kappa shape index (κ1) is 12.1. The molecule has 0 fully saturated rings. The fraction of sp³-hybridized carbons (Fsp3) is 0.0667. The first-order valence-electron chi connectivity index (χ1n) is 5.33. The number of halogens is 2. The predicted octanol–water partition coefficient (Wildman–Crippen LogP) is 3.64. The lowest BCUT2D eigenvalue weighted by Crippen LogP contribution is -1.96. The number of hydrogen-bond acceptors (Lipinski definition) is 1. The van der Waals surface area contributed by atoms with Gasteiger partial charge in [0.1, 0.15) is 24.0 Å². The van der Waals surface area contributed by atoms with E-state index in [4.69, 9.17) is 11.2 Å². The fourth-order valence-corrected chi connectivity index (χ4v) is 1.64. The zero-order valence-electron chi connectivity index (χ0n) is 9.49. The molecule has 0 amide bonds. The van der Waals surface area contributed by atoms with Gasteiger partial charge in [-0.1, -0.05) is 24.1 Å². The van der Waals surface area contributed by atoms with Crippen LogP contribution in [0.15, 0.2) is 42.5 Å². The van der Waals surface area contributed by atoms with E-state index in [1.54, 1.807) is 24.3 Å². The van der Waals surface area contributed by atoms with Gasteiger partial charge >= 0.3 is 0 Å². The molecule has 90 valence electrons. The van der Waals surface area contributed by atoms with Crippen molar-refractivity contribution < 1.29 is 13.5 Å². The number of hydrogen-bond donors (Lipinski definition) is 0. The molecule has 0 saturated heterocycles. The molecule has 2 aromatic rings. The molecule has 18 heavy (non-hydrogen) atoms. The molecule has 1 nitrogen and oxygen atoms in total. The summed E-state index contributed by atoms with van der Waals surface area (Å²) in [6.07, 6.45) is 5.11. The Labute approximate surface area is 104 Å². The van der Waals surface area contributed by atoms with Crippen LogP contribution < -0.4 is 4.74 Å². The van der Waals surface area contributed by atoms with Crippen molar-refractivity contribution in [1.82, 2.24) is 0 Å². The predicted molar refractivity (Wildman–Crippen MR) is 66.1 cm³/mol. The topological polar surface area (TPSA) is 9.23 Å². The van der Waals surface area contributed by atoms with E-state index in [-0.39, 0.29) is 12.2 Å². The van der Waals surface area contributed by atoms with Gasteiger partial charge in [-0.05, 0) is 24.3 Å². The van der Waals surface area contributed by atoms with Gasteiger partial charge in [0.25, 0.3) is 0 Å². The fourth-order valence-electron chi connectivity index (χ4n) is 1.64. The summed E-state index contributed by atoms with van der Waals surface area (Å²) in [5, 5.41) is 0. The smallest absolute Gasteiger partial charge is 0.148 e. The lowest BCUT2D eigenvalue weighted by atomic mass is 10.0. The van der Waals surface area contributed by atoms with Crippen LogP contribution in [0.2, 0.25) is 0 Å². The van der Waals surface area contributed by atoms with Crippen molar-refractivity contribution in [2.24, 2.45) is 0 Å². The monoisotopic (exact) mass is 244 g/mol. The molecule has 0 aromatic heterocycles. The SMILES string of the molecule is C#CCOc1ccccc1-c1cc(F)ccc1F. The van der Waals surface area contributed by atoms with Crippen molar-refractivity contribution in [2.75, 3.05) is 6.61 Å². The third-order valence-corrected chi connectivity index (χ3v) is 2.42. The first-order chi connectivity index (χ1) is 8.72. The molecule has 0 aliphatic rings. The Morgan fingerprint density at radius 2 is 1.83 bits per heavy atom. The number of ether oxygens (including phenoxy) is 1. The standard InChI is InChI=1S/C15H10F2O/c1-2-9-18-15-6-4-3-5-12(15)13-10-11(16)7-8-14(13)17/h1,3-8,10H,9H2. The summed E-state index contributed by atoms with van der Waals surface area (Å²) in [7, 11) is 0. The molecule has 0 heterocycles. The molecule has 0 radical (unpaired) electrons. The molecular weight excluding hydrogens is 234 g/mol. The molecule has 0 bridgehead atoms. The lowest BCUT2D eigenvalue weighted by Gasteiger charge is -2.10. The van der Waals surface area contributed by atoms with Crippen LogP contribution in [0.25, 0.3) is 11.1 Å². The second kappa shape index (κ2) is 5.33. The zero-order chi connectivity index (χ0) is 13.0. The average molecular weight is 244 g/mol. The normalized spacial score (nSPS) is 9.83. The Hall–Kier alpha value is -2.34. The summed E-state index contributed by atoms with van der Waals surface area (Å²) < 4.78 is 32.2. The molecule has 0 N–H and O–H groups in total. The number of rotatable bonds is 3. The molecule has 0 spiro atoms. The Morgan fingerprint density at radius 1 is 1.06 bits per heavy atom. The van der Waals surface area contributed by atoms with Crippen molar-refractivity contribution in [1.29, 1.82) is 0 Å². The van der Waals surface area contributed by atoms with E-state index in [1.165, 1.54) is 0 Å². The van der Waals surface area contributed by atoms with Crippen LogP contribution in [0.4, 0.5) is 8.78 Å². The van der Waals surface area contributed by atoms with Gasteiger partial charge in [-0.15, -0.1) is 6.42 Å². The van der Waals surface area contributed by atoms with Crippen LogP contribution >= 0.6 is 0 Å². The van der Waals surface area contributed by atoms with Crippen LogP contribution in [0.3, 0.4) is 0 Å². The number of benzene rings is 2. The quantitative estimate of drug-likeness (QED) is 0.749. The van der Waals surface area contributed by atoms with Gasteiger partial charge in [-0.2, -0.15) is 0 Å². The molecular formula is C15H10F2O. The Morgan fingerprint density at radius 3 is 2.61 bits per heavy atom. The lowest BCUT2D eigenvalue weighted by molar-refractivity contribution is 0.371. The van der Waals surface area contributed by atoms with Gasteiger partial charge in [0, 0.05) is 11.1 Å². The Bertz CT molecular complexity index is 600. The highest BCUT2D eigenvalue weighted by Crippen LogP contribution is 2.32. The maximum Gasteiger partial charge on any atom is 0.148 e. The van der Waals surface area contributed by atoms with E-state index < -0.39 is 11.6 Å². The molecule has 0 aliphatic heterocycles. The van der Waals surface area contributed by atoms with Crippen molar-refractivity contribution in [2.45, 2.75) is 0 Å². The van der Waals surface area contributed by atoms with Crippen molar-refractivity contribution >= 4 is 0 Å². The van der Waals surface area contributed by atoms with Gasteiger partial charge in [0.05, 0.1) is 0 Å². The minimum absolute atomic E-state index is 0.0773. The number of terminal acetylenes is 1. The highest BCUT2D eigenvalue weighted by Gasteiger charge is 2.11. The molecule has 3 heteroatoms. The van der Waals surface area contributed by atoms with Gasteiger partial charge in [0.15, 0.2) is 0 Å². The van der Waals surface area contributed by atoms with Crippen LogP contribution in [0.5, 0.6) is 5.75 Å². The Kier molecular flexibility index (Phi) is 3.59. The second-order valence-corrected chi connectivity index (χ2v) is 3.61. The minimum atomic E-state index is -0.506. The van der Waals surface area contributed by atoms with Gasteiger partial charge in [0.2, 0.25) is 0 Å². The van der Waals surface area contributed by atoms with Gasteiger partial charge in [-0.25, -0.2) is 8.78 Å². The van der Waals surface area contributed by atoms with Crippen molar-refractivity contribution in [3.05, 3.63) is 54.1 Å². The van der Waals surface area contributed by atoms with E-state index >= 15 is 0 Å². The summed E-state index contributed by atoms with van der Waals surface area (Å²) in [5.74, 6) is 1.75. The summed E-state index contributed by atoms with van der Waals surface area (Å²) in [6.45, 7) is 0.0773. The average Bonchev–Trinajstić information content (AvgIpc) is 2.39. The summed E-state index contributed by atoms with van der Waals surface area (Å²) in [5.41, 5.74) is 0.632. The van der Waals surface area contributed by atoms with Crippen LogP contribution in [-0.2, 0) is 0 Å². The first-order valence-corrected chi connectivity index (χ1v) is 5.33. The maximum atomic E-state index is 13.7. The van der Waals surface area contributed by atoms with E-state index in [0.717, 1.165) is 18.2 Å². The summed E-state index contributed by atoms with van der Waals surface area (Å²) in [6, 6.07) is 10.1. The van der Waals surface area contributed by atoms with Crippen LogP contribution in [0.1, 0.15) is 0 Å². The third kappa shape index (κ3) is 2.49. The van der Waals surface area contributed by atoms with Crippen LogP contribution in [-0.4, -0.2) is 6.61 Å². The van der Waals surface area contributed by atoms with Crippen LogP contribution in [0, 0.1) is 24.0 Å². The summed E-state index contributed by atoms with van der Waals surface area (Å²) >= 11 is 0. The van der Waals surface area contributed by atoms with E-state index in [1.807, 2.05) is 0 Å². The summed E-state index contributed by atoms with van der Waals surface area (Å²) in [4.78, 5) is 0. The largest absolute Gasteiger partial charge is 0.480 e. The minimum Gasteiger partial charge on any atom is -0.480 e. The number of para-hydroxylation sites is 1. The van der Waals surface area contributed by atoms with E-state index in [2.05, 4.69) is 5.92 Å². The molecule has 0 unspecified atom stereocenters. The molecule has 0 atom stereocenters.